The summed E-state index contributed by atoms with van der Waals surface area (Å²) >= 11 is 0. The minimum absolute atomic E-state index is 0.0996. The van der Waals surface area contributed by atoms with E-state index in [2.05, 4.69) is 17.2 Å². The summed E-state index contributed by atoms with van der Waals surface area (Å²) in [6.07, 6.45) is 0.995. The molecule has 1 aromatic heterocycles. The standard InChI is InChI=1S/C12H16N2O2/c1-7-6-9(7)12(15)14-10-4-5-11(16-3)13-8(10)2/h4-5,7,9H,6H2,1-3H3,(H,14,15). The van der Waals surface area contributed by atoms with Gasteiger partial charge in [-0.25, -0.2) is 4.98 Å². The Hall–Kier alpha value is -1.58. The molecule has 4 heteroatoms. The van der Waals surface area contributed by atoms with Gasteiger partial charge in [-0.15, -0.1) is 0 Å². The van der Waals surface area contributed by atoms with Gasteiger partial charge in [-0.2, -0.15) is 0 Å². The van der Waals surface area contributed by atoms with Gasteiger partial charge in [-0.3, -0.25) is 4.79 Å². The van der Waals surface area contributed by atoms with Crippen molar-refractivity contribution in [3.8, 4) is 5.88 Å². The van der Waals surface area contributed by atoms with Crippen LogP contribution in [0.4, 0.5) is 5.69 Å². The number of aromatic nitrogens is 1. The van der Waals surface area contributed by atoms with Crippen molar-refractivity contribution in [3.05, 3.63) is 17.8 Å². The van der Waals surface area contributed by atoms with Crippen LogP contribution in [0.15, 0.2) is 12.1 Å². The van der Waals surface area contributed by atoms with Gasteiger partial charge < -0.3 is 10.1 Å². The molecular formula is C12H16N2O2. The van der Waals surface area contributed by atoms with Gasteiger partial charge in [0.2, 0.25) is 11.8 Å². The number of ether oxygens (including phenoxy) is 1. The predicted molar refractivity (Wildman–Crippen MR) is 61.4 cm³/mol. The minimum Gasteiger partial charge on any atom is -0.481 e. The Morgan fingerprint density at radius 3 is 2.75 bits per heavy atom. The molecule has 2 rings (SSSR count). The molecule has 0 aromatic carbocycles. The monoisotopic (exact) mass is 220 g/mol. The number of amides is 1. The molecule has 1 amide bonds. The molecular weight excluding hydrogens is 204 g/mol. The average molecular weight is 220 g/mol. The fourth-order valence-electron chi connectivity index (χ4n) is 1.70. The molecule has 2 unspecified atom stereocenters. The first-order valence-electron chi connectivity index (χ1n) is 5.44. The summed E-state index contributed by atoms with van der Waals surface area (Å²) in [5, 5.41) is 2.90. The molecule has 0 saturated heterocycles. The van der Waals surface area contributed by atoms with Crippen LogP contribution in [0.1, 0.15) is 19.0 Å². The Morgan fingerprint density at radius 2 is 2.25 bits per heavy atom. The van der Waals surface area contributed by atoms with Gasteiger partial charge in [-0.1, -0.05) is 6.92 Å². The van der Waals surface area contributed by atoms with Crippen LogP contribution in [-0.2, 0) is 4.79 Å². The first kappa shape index (κ1) is 10.9. The van der Waals surface area contributed by atoms with E-state index in [9.17, 15) is 4.79 Å². The molecule has 0 spiro atoms. The maximum absolute atomic E-state index is 11.7. The van der Waals surface area contributed by atoms with E-state index in [1.54, 1.807) is 13.2 Å². The van der Waals surface area contributed by atoms with Crippen LogP contribution in [0, 0.1) is 18.8 Å². The zero-order valence-corrected chi connectivity index (χ0v) is 9.78. The molecule has 0 bridgehead atoms. The molecule has 4 nitrogen and oxygen atoms in total. The maximum atomic E-state index is 11.7. The summed E-state index contributed by atoms with van der Waals surface area (Å²) < 4.78 is 5.01. The fraction of sp³-hybridized carbons (Fsp3) is 0.500. The number of nitrogens with one attached hydrogen (secondary N) is 1. The van der Waals surface area contributed by atoms with E-state index >= 15 is 0 Å². The Morgan fingerprint density at radius 1 is 1.56 bits per heavy atom. The number of aryl methyl sites for hydroxylation is 1. The molecule has 0 aliphatic heterocycles. The Kier molecular flexibility index (Phi) is 2.81. The molecule has 1 saturated carbocycles. The average Bonchev–Trinajstić information content (AvgIpc) is 2.98. The number of methoxy groups -OCH3 is 1. The van der Waals surface area contributed by atoms with Gasteiger partial charge in [-0.05, 0) is 25.3 Å². The van der Waals surface area contributed by atoms with Crippen LogP contribution in [0.25, 0.3) is 0 Å². The minimum atomic E-state index is 0.0996. The third-order valence-electron chi connectivity index (χ3n) is 2.97. The fourth-order valence-corrected chi connectivity index (χ4v) is 1.70. The van der Waals surface area contributed by atoms with Crippen LogP contribution >= 0.6 is 0 Å². The lowest BCUT2D eigenvalue weighted by Gasteiger charge is -2.08. The Balaban J connectivity index is 2.06. The summed E-state index contributed by atoms with van der Waals surface area (Å²) in [6, 6.07) is 3.57. The first-order chi connectivity index (χ1) is 7.61. The normalized spacial score (nSPS) is 22.7. The van der Waals surface area contributed by atoms with E-state index in [0.717, 1.165) is 17.8 Å². The van der Waals surface area contributed by atoms with Crippen molar-refractivity contribution >= 4 is 11.6 Å². The van der Waals surface area contributed by atoms with Crippen LogP contribution in [0.2, 0.25) is 0 Å². The van der Waals surface area contributed by atoms with Crippen molar-refractivity contribution in [1.29, 1.82) is 0 Å². The molecule has 0 radical (unpaired) electrons. The summed E-state index contributed by atoms with van der Waals surface area (Å²) in [5.41, 5.74) is 1.55. The van der Waals surface area contributed by atoms with Crippen molar-refractivity contribution in [2.75, 3.05) is 12.4 Å². The van der Waals surface area contributed by atoms with Crippen molar-refractivity contribution in [2.45, 2.75) is 20.3 Å². The third kappa shape index (κ3) is 2.15. The molecule has 1 fully saturated rings. The zero-order valence-electron chi connectivity index (χ0n) is 9.78. The maximum Gasteiger partial charge on any atom is 0.227 e. The summed E-state index contributed by atoms with van der Waals surface area (Å²) in [7, 11) is 1.58. The largest absolute Gasteiger partial charge is 0.481 e. The number of carbonyl (C=O) groups is 1. The van der Waals surface area contributed by atoms with Gasteiger partial charge in [0.05, 0.1) is 18.5 Å². The van der Waals surface area contributed by atoms with E-state index in [4.69, 9.17) is 4.74 Å². The number of carbonyl (C=O) groups excluding carboxylic acids is 1. The van der Waals surface area contributed by atoms with Crippen LogP contribution in [0.3, 0.4) is 0 Å². The predicted octanol–water partition coefficient (Wildman–Crippen LogP) is 1.99. The number of hydrogen-bond donors (Lipinski definition) is 1. The number of rotatable bonds is 3. The lowest BCUT2D eigenvalue weighted by atomic mass is 10.2. The van der Waals surface area contributed by atoms with Gasteiger partial charge in [0.25, 0.3) is 0 Å². The summed E-state index contributed by atoms with van der Waals surface area (Å²) in [6.45, 7) is 3.94. The summed E-state index contributed by atoms with van der Waals surface area (Å²) in [4.78, 5) is 15.9. The molecule has 1 heterocycles. The molecule has 2 atom stereocenters. The first-order valence-corrected chi connectivity index (χ1v) is 5.44. The van der Waals surface area contributed by atoms with E-state index in [1.165, 1.54) is 0 Å². The van der Waals surface area contributed by atoms with E-state index in [1.807, 2.05) is 13.0 Å². The second-order valence-electron chi connectivity index (χ2n) is 4.30. The molecule has 1 aliphatic rings. The van der Waals surface area contributed by atoms with E-state index < -0.39 is 0 Å². The topological polar surface area (TPSA) is 51.2 Å². The molecule has 86 valence electrons. The summed E-state index contributed by atoms with van der Waals surface area (Å²) in [5.74, 6) is 1.37. The number of pyridine rings is 1. The lowest BCUT2D eigenvalue weighted by molar-refractivity contribution is -0.117. The third-order valence-corrected chi connectivity index (χ3v) is 2.97. The lowest BCUT2D eigenvalue weighted by Crippen LogP contribution is -2.15. The molecule has 16 heavy (non-hydrogen) atoms. The molecule has 1 aromatic rings. The Labute approximate surface area is 95.0 Å². The van der Waals surface area contributed by atoms with Gasteiger partial charge in [0.1, 0.15) is 0 Å². The van der Waals surface area contributed by atoms with Crippen molar-refractivity contribution < 1.29 is 9.53 Å². The van der Waals surface area contributed by atoms with Crippen LogP contribution < -0.4 is 10.1 Å². The molecule has 1 aliphatic carbocycles. The second kappa shape index (κ2) is 4.12. The highest BCUT2D eigenvalue weighted by Gasteiger charge is 2.39. The van der Waals surface area contributed by atoms with Crippen LogP contribution in [0.5, 0.6) is 5.88 Å². The van der Waals surface area contributed by atoms with Crippen LogP contribution in [-0.4, -0.2) is 18.0 Å². The number of hydrogen-bond acceptors (Lipinski definition) is 3. The highest BCUT2D eigenvalue weighted by atomic mass is 16.5. The van der Waals surface area contributed by atoms with Crippen molar-refractivity contribution in [1.82, 2.24) is 4.98 Å². The van der Waals surface area contributed by atoms with Gasteiger partial charge in [0, 0.05) is 12.0 Å². The Bertz CT molecular complexity index is 417. The second-order valence-corrected chi connectivity index (χ2v) is 4.30. The smallest absolute Gasteiger partial charge is 0.227 e. The van der Waals surface area contributed by atoms with E-state index in [0.29, 0.717) is 11.8 Å². The highest BCUT2D eigenvalue weighted by molar-refractivity contribution is 5.94. The zero-order chi connectivity index (χ0) is 11.7. The number of nitrogens with zero attached hydrogens (tertiary/aromatic N) is 1. The van der Waals surface area contributed by atoms with E-state index in [-0.39, 0.29) is 11.8 Å². The van der Waals surface area contributed by atoms with Gasteiger partial charge >= 0.3 is 0 Å². The van der Waals surface area contributed by atoms with Crippen molar-refractivity contribution in [3.63, 3.8) is 0 Å². The quantitative estimate of drug-likeness (QED) is 0.847. The number of anilines is 1. The highest BCUT2D eigenvalue weighted by Crippen LogP contribution is 2.38. The molecule has 1 N–H and O–H groups in total. The SMILES string of the molecule is COc1ccc(NC(=O)C2CC2C)c(C)n1. The van der Waals surface area contributed by atoms with Crippen molar-refractivity contribution in [2.24, 2.45) is 11.8 Å². The van der Waals surface area contributed by atoms with Gasteiger partial charge in [0.15, 0.2) is 0 Å².